The monoisotopic (exact) mass is 265 g/mol. The van der Waals surface area contributed by atoms with Crippen molar-refractivity contribution >= 4 is 0 Å². The molecular weight excluding hydrogens is 242 g/mol. The molecule has 0 radical (unpaired) electrons. The highest BCUT2D eigenvalue weighted by Gasteiger charge is 2.31. The Morgan fingerprint density at radius 1 is 1.32 bits per heavy atom. The van der Waals surface area contributed by atoms with E-state index in [9.17, 15) is 5.11 Å². The van der Waals surface area contributed by atoms with Gasteiger partial charge in [0.25, 0.3) is 0 Å². The molecule has 2 N–H and O–H groups in total. The second-order valence-corrected chi connectivity index (χ2v) is 5.21. The van der Waals surface area contributed by atoms with Gasteiger partial charge in [0.15, 0.2) is 0 Å². The molecule has 19 heavy (non-hydrogen) atoms. The number of aryl methyl sites for hydroxylation is 1. The molecule has 1 unspecified atom stereocenters. The van der Waals surface area contributed by atoms with E-state index in [1.807, 2.05) is 12.1 Å². The molecule has 0 fully saturated rings. The molecule has 0 bridgehead atoms. The van der Waals surface area contributed by atoms with Gasteiger partial charge in [0.2, 0.25) is 0 Å². The highest BCUT2D eigenvalue weighted by molar-refractivity contribution is 5.38. The SMILES string of the molecule is COCCNCC1(O)CCc2ccc(OC)cc2C1. The minimum absolute atomic E-state index is 0.604. The van der Waals surface area contributed by atoms with Crippen LogP contribution in [-0.4, -0.2) is 44.6 Å². The van der Waals surface area contributed by atoms with Crippen LogP contribution in [0.5, 0.6) is 5.75 Å². The predicted octanol–water partition coefficient (Wildman–Crippen LogP) is 1.15. The lowest BCUT2D eigenvalue weighted by Crippen LogP contribution is -2.45. The van der Waals surface area contributed by atoms with Crippen LogP contribution in [0.25, 0.3) is 0 Å². The van der Waals surface area contributed by atoms with E-state index in [1.165, 1.54) is 11.1 Å². The molecule has 1 aromatic rings. The predicted molar refractivity (Wildman–Crippen MR) is 74.7 cm³/mol. The Morgan fingerprint density at radius 3 is 2.89 bits per heavy atom. The second kappa shape index (κ2) is 6.37. The van der Waals surface area contributed by atoms with E-state index >= 15 is 0 Å². The zero-order chi connectivity index (χ0) is 13.7. The van der Waals surface area contributed by atoms with Crippen LogP contribution in [0.4, 0.5) is 0 Å². The number of benzene rings is 1. The van der Waals surface area contributed by atoms with E-state index in [-0.39, 0.29) is 0 Å². The minimum atomic E-state index is -0.660. The van der Waals surface area contributed by atoms with Crippen molar-refractivity contribution in [1.29, 1.82) is 0 Å². The Labute approximate surface area is 114 Å². The summed E-state index contributed by atoms with van der Waals surface area (Å²) in [5, 5.41) is 13.9. The van der Waals surface area contributed by atoms with Crippen LogP contribution in [0.2, 0.25) is 0 Å². The van der Waals surface area contributed by atoms with Gasteiger partial charge < -0.3 is 19.9 Å². The number of methoxy groups -OCH3 is 2. The lowest BCUT2D eigenvalue weighted by molar-refractivity contribution is 0.0254. The van der Waals surface area contributed by atoms with Crippen LogP contribution in [0, 0.1) is 0 Å². The molecule has 0 heterocycles. The standard InChI is InChI=1S/C15H23NO3/c1-18-8-7-16-11-15(17)6-5-12-3-4-14(19-2)9-13(12)10-15/h3-4,9,16-17H,5-8,10-11H2,1-2H3. The summed E-state index contributed by atoms with van der Waals surface area (Å²) < 4.78 is 10.2. The topological polar surface area (TPSA) is 50.7 Å². The van der Waals surface area contributed by atoms with Gasteiger partial charge in [-0.3, -0.25) is 0 Å². The largest absolute Gasteiger partial charge is 0.497 e. The van der Waals surface area contributed by atoms with E-state index in [4.69, 9.17) is 9.47 Å². The number of hydrogen-bond acceptors (Lipinski definition) is 4. The maximum Gasteiger partial charge on any atom is 0.119 e. The Hall–Kier alpha value is -1.10. The van der Waals surface area contributed by atoms with Gasteiger partial charge in [-0.05, 0) is 36.1 Å². The number of aliphatic hydroxyl groups is 1. The maximum absolute atomic E-state index is 10.6. The Kier molecular flexibility index (Phi) is 4.80. The molecule has 0 saturated heterocycles. The molecule has 0 amide bonds. The van der Waals surface area contributed by atoms with Gasteiger partial charge in [-0.15, -0.1) is 0 Å². The van der Waals surface area contributed by atoms with E-state index in [0.29, 0.717) is 19.6 Å². The molecule has 4 heteroatoms. The molecule has 1 aromatic carbocycles. The number of fused-ring (bicyclic) bond motifs is 1. The van der Waals surface area contributed by atoms with Crippen molar-refractivity contribution in [1.82, 2.24) is 5.32 Å². The third kappa shape index (κ3) is 3.69. The van der Waals surface area contributed by atoms with Crippen LogP contribution >= 0.6 is 0 Å². The summed E-state index contributed by atoms with van der Waals surface area (Å²) in [6.45, 7) is 2.04. The summed E-state index contributed by atoms with van der Waals surface area (Å²) in [5.41, 5.74) is 1.86. The molecule has 1 aliphatic rings. The van der Waals surface area contributed by atoms with Gasteiger partial charge in [-0.25, -0.2) is 0 Å². The van der Waals surface area contributed by atoms with Gasteiger partial charge in [-0.1, -0.05) is 6.07 Å². The zero-order valence-corrected chi connectivity index (χ0v) is 11.7. The quantitative estimate of drug-likeness (QED) is 0.758. The normalized spacial score (nSPS) is 22.1. The summed E-state index contributed by atoms with van der Waals surface area (Å²) in [4.78, 5) is 0. The van der Waals surface area contributed by atoms with Crippen LogP contribution in [0.3, 0.4) is 0 Å². The summed E-state index contributed by atoms with van der Waals surface area (Å²) in [6, 6.07) is 6.13. The number of rotatable bonds is 6. The summed E-state index contributed by atoms with van der Waals surface area (Å²) >= 11 is 0. The van der Waals surface area contributed by atoms with E-state index in [0.717, 1.165) is 25.1 Å². The molecule has 0 saturated carbocycles. The zero-order valence-electron chi connectivity index (χ0n) is 11.7. The lowest BCUT2D eigenvalue weighted by Gasteiger charge is -2.34. The van der Waals surface area contributed by atoms with Gasteiger partial charge in [0, 0.05) is 26.6 Å². The summed E-state index contributed by atoms with van der Waals surface area (Å²) in [7, 11) is 3.35. The van der Waals surface area contributed by atoms with Crippen LogP contribution in [-0.2, 0) is 17.6 Å². The molecule has 0 spiro atoms. The fraction of sp³-hybridized carbons (Fsp3) is 0.600. The smallest absolute Gasteiger partial charge is 0.119 e. The molecule has 2 rings (SSSR count). The molecule has 4 nitrogen and oxygen atoms in total. The molecule has 1 aliphatic carbocycles. The molecule has 106 valence electrons. The third-order valence-corrected chi connectivity index (χ3v) is 3.73. The van der Waals surface area contributed by atoms with Crippen molar-refractivity contribution in [3.05, 3.63) is 29.3 Å². The van der Waals surface area contributed by atoms with E-state index in [1.54, 1.807) is 14.2 Å². The van der Waals surface area contributed by atoms with Crippen molar-refractivity contribution in [3.8, 4) is 5.75 Å². The van der Waals surface area contributed by atoms with Crippen molar-refractivity contribution in [3.63, 3.8) is 0 Å². The first-order valence-corrected chi connectivity index (χ1v) is 6.75. The van der Waals surface area contributed by atoms with E-state index in [2.05, 4.69) is 11.4 Å². The first kappa shape index (κ1) is 14.3. The van der Waals surface area contributed by atoms with Crippen LogP contribution < -0.4 is 10.1 Å². The average molecular weight is 265 g/mol. The first-order chi connectivity index (χ1) is 9.17. The summed E-state index contributed by atoms with van der Waals surface area (Å²) in [6.07, 6.45) is 2.40. The maximum atomic E-state index is 10.6. The molecule has 1 atom stereocenters. The Bertz CT molecular complexity index is 422. The lowest BCUT2D eigenvalue weighted by atomic mass is 9.80. The minimum Gasteiger partial charge on any atom is -0.497 e. The third-order valence-electron chi connectivity index (χ3n) is 3.73. The highest BCUT2D eigenvalue weighted by atomic mass is 16.5. The fourth-order valence-electron chi connectivity index (χ4n) is 2.59. The number of hydrogen-bond donors (Lipinski definition) is 2. The number of ether oxygens (including phenoxy) is 2. The number of nitrogens with one attached hydrogen (secondary N) is 1. The fourth-order valence-corrected chi connectivity index (χ4v) is 2.59. The Balaban J connectivity index is 1.99. The Morgan fingerprint density at radius 2 is 2.16 bits per heavy atom. The van der Waals surface area contributed by atoms with Crippen molar-refractivity contribution in [2.24, 2.45) is 0 Å². The van der Waals surface area contributed by atoms with Crippen molar-refractivity contribution < 1.29 is 14.6 Å². The van der Waals surface area contributed by atoms with Crippen molar-refractivity contribution in [2.75, 3.05) is 33.9 Å². The molecular formula is C15H23NO3. The van der Waals surface area contributed by atoms with Gasteiger partial charge >= 0.3 is 0 Å². The van der Waals surface area contributed by atoms with Crippen LogP contribution in [0.15, 0.2) is 18.2 Å². The average Bonchev–Trinajstić information content (AvgIpc) is 2.43. The second-order valence-electron chi connectivity index (χ2n) is 5.21. The van der Waals surface area contributed by atoms with Crippen molar-refractivity contribution in [2.45, 2.75) is 24.9 Å². The van der Waals surface area contributed by atoms with E-state index < -0.39 is 5.60 Å². The first-order valence-electron chi connectivity index (χ1n) is 6.75. The van der Waals surface area contributed by atoms with Gasteiger partial charge in [0.1, 0.15) is 5.75 Å². The van der Waals surface area contributed by atoms with Gasteiger partial charge in [0.05, 0.1) is 19.3 Å². The van der Waals surface area contributed by atoms with Gasteiger partial charge in [-0.2, -0.15) is 0 Å². The highest BCUT2D eigenvalue weighted by Crippen LogP contribution is 2.30. The van der Waals surface area contributed by atoms with Crippen LogP contribution in [0.1, 0.15) is 17.5 Å². The molecule has 0 aliphatic heterocycles. The summed E-state index contributed by atoms with van der Waals surface area (Å²) in [5.74, 6) is 0.857. The molecule has 0 aromatic heterocycles.